The second-order valence-corrected chi connectivity index (χ2v) is 11.8. The number of urea groups is 1. The summed E-state index contributed by atoms with van der Waals surface area (Å²) in [6, 6.07) is 9.03. The maximum absolute atomic E-state index is 12.4. The number of hydrogen-bond donors (Lipinski definition) is 3. The summed E-state index contributed by atoms with van der Waals surface area (Å²) in [5.41, 5.74) is 0.827. The van der Waals surface area contributed by atoms with E-state index in [-0.39, 0.29) is 11.9 Å². The van der Waals surface area contributed by atoms with E-state index in [1.54, 1.807) is 16.6 Å². The SMILES string of the molecule is CC(C)(C)C(=O)Nc1ccc2nnc(Sc3ccc4nc(NC(=O)NCCN5CCOCC5)sc4c3)n2n1. The van der Waals surface area contributed by atoms with E-state index in [4.69, 9.17) is 4.74 Å². The quantitative estimate of drug-likeness (QED) is 0.313. The van der Waals surface area contributed by atoms with Crippen LogP contribution in [0.3, 0.4) is 0 Å². The van der Waals surface area contributed by atoms with Crippen molar-refractivity contribution in [1.29, 1.82) is 0 Å². The maximum Gasteiger partial charge on any atom is 0.321 e. The minimum atomic E-state index is -0.539. The molecule has 1 aromatic carbocycles. The van der Waals surface area contributed by atoms with E-state index in [1.807, 2.05) is 39.0 Å². The van der Waals surface area contributed by atoms with Crippen molar-refractivity contribution in [3.63, 3.8) is 0 Å². The Labute approximate surface area is 227 Å². The van der Waals surface area contributed by atoms with Crippen LogP contribution in [-0.4, -0.2) is 81.0 Å². The average Bonchev–Trinajstić information content (AvgIpc) is 3.47. The summed E-state index contributed by atoms with van der Waals surface area (Å²) in [5, 5.41) is 22.6. The van der Waals surface area contributed by atoms with E-state index in [0.717, 1.165) is 48.0 Å². The Morgan fingerprint density at radius 1 is 1.11 bits per heavy atom. The zero-order chi connectivity index (χ0) is 26.7. The molecule has 200 valence electrons. The number of carbonyl (C=O) groups excluding carboxylic acids is 2. The molecule has 0 radical (unpaired) electrons. The highest BCUT2D eigenvalue weighted by Gasteiger charge is 2.22. The fourth-order valence-electron chi connectivity index (χ4n) is 3.62. The van der Waals surface area contributed by atoms with E-state index in [1.165, 1.54) is 23.1 Å². The van der Waals surface area contributed by atoms with Crippen LogP contribution in [0.2, 0.25) is 0 Å². The molecule has 12 nitrogen and oxygen atoms in total. The molecule has 0 spiro atoms. The lowest BCUT2D eigenvalue weighted by Crippen LogP contribution is -2.42. The number of nitrogens with one attached hydrogen (secondary N) is 3. The zero-order valence-electron chi connectivity index (χ0n) is 21.4. The predicted octanol–water partition coefficient (Wildman–Crippen LogP) is 3.32. The topological polar surface area (TPSA) is 139 Å². The largest absolute Gasteiger partial charge is 0.379 e. The summed E-state index contributed by atoms with van der Waals surface area (Å²) < 4.78 is 7.88. The van der Waals surface area contributed by atoms with Gasteiger partial charge in [0.05, 0.1) is 23.4 Å². The Morgan fingerprint density at radius 3 is 2.71 bits per heavy atom. The molecule has 0 bridgehead atoms. The first-order valence-corrected chi connectivity index (χ1v) is 13.9. The number of ether oxygens (including phenoxy) is 1. The van der Waals surface area contributed by atoms with E-state index >= 15 is 0 Å². The van der Waals surface area contributed by atoms with Crippen molar-refractivity contribution in [3.05, 3.63) is 30.3 Å². The second kappa shape index (κ2) is 11.2. The molecule has 3 amide bonds. The predicted molar refractivity (Wildman–Crippen MR) is 147 cm³/mol. The summed E-state index contributed by atoms with van der Waals surface area (Å²) in [4.78, 5) is 32.4. The number of rotatable bonds is 7. The minimum absolute atomic E-state index is 0.127. The van der Waals surface area contributed by atoms with Crippen LogP contribution in [0.5, 0.6) is 0 Å². The first-order chi connectivity index (χ1) is 18.2. The molecule has 4 aromatic rings. The summed E-state index contributed by atoms with van der Waals surface area (Å²) in [6.07, 6.45) is 0. The Balaban J connectivity index is 1.23. The number of carbonyl (C=O) groups is 2. The van der Waals surface area contributed by atoms with Gasteiger partial charge in [-0.3, -0.25) is 15.0 Å². The van der Waals surface area contributed by atoms with Crippen molar-refractivity contribution in [1.82, 2.24) is 35.0 Å². The standard InChI is InChI=1S/C24H29N9O3S2/c1-24(2,3)20(34)27-18-6-7-19-29-30-23(33(19)31-18)37-15-4-5-16-17(14-15)38-22(26-16)28-21(35)25-8-9-32-10-12-36-13-11-32/h4-7,14H,8-13H2,1-3H3,(H,27,31,34)(H2,25,26,28,35). The Kier molecular flexibility index (Phi) is 7.74. The molecule has 1 saturated heterocycles. The second-order valence-electron chi connectivity index (χ2n) is 9.76. The highest BCUT2D eigenvalue weighted by Crippen LogP contribution is 2.33. The van der Waals surface area contributed by atoms with E-state index in [9.17, 15) is 9.59 Å². The first kappa shape index (κ1) is 26.3. The van der Waals surface area contributed by atoms with Gasteiger partial charge in [0.15, 0.2) is 16.6 Å². The smallest absolute Gasteiger partial charge is 0.321 e. The third kappa shape index (κ3) is 6.38. The van der Waals surface area contributed by atoms with Crippen LogP contribution in [0.25, 0.3) is 15.9 Å². The van der Waals surface area contributed by atoms with Crippen molar-refractivity contribution in [2.75, 3.05) is 50.0 Å². The summed E-state index contributed by atoms with van der Waals surface area (Å²) in [5.74, 6) is 0.299. The van der Waals surface area contributed by atoms with Gasteiger partial charge in [-0.15, -0.1) is 15.3 Å². The van der Waals surface area contributed by atoms with Crippen LogP contribution >= 0.6 is 23.1 Å². The van der Waals surface area contributed by atoms with Crippen molar-refractivity contribution < 1.29 is 14.3 Å². The molecule has 0 atom stereocenters. The van der Waals surface area contributed by atoms with E-state index < -0.39 is 5.41 Å². The number of benzene rings is 1. The lowest BCUT2D eigenvalue weighted by atomic mass is 9.96. The first-order valence-electron chi connectivity index (χ1n) is 12.2. The molecule has 14 heteroatoms. The molecule has 3 aromatic heterocycles. The number of fused-ring (bicyclic) bond motifs is 2. The molecule has 1 aliphatic rings. The molecule has 3 N–H and O–H groups in total. The number of aromatic nitrogens is 5. The van der Waals surface area contributed by atoms with Gasteiger partial charge < -0.3 is 15.4 Å². The minimum Gasteiger partial charge on any atom is -0.379 e. The number of hydrogen-bond acceptors (Lipinski definition) is 10. The van der Waals surface area contributed by atoms with Crippen molar-refractivity contribution in [2.45, 2.75) is 30.8 Å². The van der Waals surface area contributed by atoms with Crippen molar-refractivity contribution in [3.8, 4) is 0 Å². The average molecular weight is 556 g/mol. The third-order valence-electron chi connectivity index (χ3n) is 5.76. The zero-order valence-corrected chi connectivity index (χ0v) is 23.0. The van der Waals surface area contributed by atoms with Crippen molar-refractivity contribution in [2.24, 2.45) is 5.41 Å². The van der Waals surface area contributed by atoms with E-state index in [0.29, 0.717) is 28.3 Å². The van der Waals surface area contributed by atoms with Crippen molar-refractivity contribution >= 4 is 61.9 Å². The summed E-state index contributed by atoms with van der Waals surface area (Å²) in [6.45, 7) is 10.1. The lowest BCUT2D eigenvalue weighted by Gasteiger charge is -2.26. The maximum atomic E-state index is 12.4. The van der Waals surface area contributed by atoms with Gasteiger partial charge in [0.2, 0.25) is 11.1 Å². The highest BCUT2D eigenvalue weighted by atomic mass is 32.2. The molecule has 4 heterocycles. The summed E-state index contributed by atoms with van der Waals surface area (Å²) in [7, 11) is 0. The molecular weight excluding hydrogens is 526 g/mol. The van der Waals surface area contributed by atoms with Gasteiger partial charge in [0, 0.05) is 36.5 Å². The molecule has 38 heavy (non-hydrogen) atoms. The molecule has 5 rings (SSSR count). The Morgan fingerprint density at radius 2 is 1.92 bits per heavy atom. The van der Waals surface area contributed by atoms with Crippen LogP contribution in [0.1, 0.15) is 20.8 Å². The van der Waals surface area contributed by atoms with Gasteiger partial charge in [0.25, 0.3) is 0 Å². The van der Waals surface area contributed by atoms with Gasteiger partial charge in [-0.2, -0.15) is 4.52 Å². The van der Waals surface area contributed by atoms with Crippen LogP contribution in [0.15, 0.2) is 40.4 Å². The van der Waals surface area contributed by atoms with Crippen LogP contribution in [0.4, 0.5) is 15.7 Å². The summed E-state index contributed by atoms with van der Waals surface area (Å²) >= 11 is 2.80. The Bertz CT molecular complexity index is 1460. The molecule has 0 aliphatic carbocycles. The monoisotopic (exact) mass is 555 g/mol. The number of anilines is 2. The van der Waals surface area contributed by atoms with Gasteiger partial charge in [-0.1, -0.05) is 32.1 Å². The molecule has 1 fully saturated rings. The van der Waals surface area contributed by atoms with Crippen LogP contribution < -0.4 is 16.0 Å². The molecule has 0 saturated carbocycles. The molecule has 1 aliphatic heterocycles. The van der Waals surface area contributed by atoms with Gasteiger partial charge in [0.1, 0.15) is 0 Å². The highest BCUT2D eigenvalue weighted by molar-refractivity contribution is 7.99. The normalized spacial score (nSPS) is 14.6. The van der Waals surface area contributed by atoms with Crippen LogP contribution in [-0.2, 0) is 9.53 Å². The number of amides is 3. The van der Waals surface area contributed by atoms with Gasteiger partial charge in [-0.05, 0) is 42.1 Å². The number of nitrogens with zero attached hydrogens (tertiary/aromatic N) is 6. The molecular formula is C24H29N9O3S2. The Hall–Kier alpha value is -3.33. The van der Waals surface area contributed by atoms with E-state index in [2.05, 4.69) is 41.1 Å². The van der Waals surface area contributed by atoms with Gasteiger partial charge >= 0.3 is 6.03 Å². The fraction of sp³-hybridized carbons (Fsp3) is 0.417. The number of thiazole rings is 1. The fourth-order valence-corrected chi connectivity index (χ4v) is 5.43. The third-order valence-corrected chi connectivity index (χ3v) is 7.62. The lowest BCUT2D eigenvalue weighted by molar-refractivity contribution is -0.123. The van der Waals surface area contributed by atoms with Crippen LogP contribution in [0, 0.1) is 5.41 Å². The number of morpholine rings is 1. The molecule has 0 unspecified atom stereocenters. The van der Waals surface area contributed by atoms with Gasteiger partial charge in [-0.25, -0.2) is 9.78 Å².